The van der Waals surface area contributed by atoms with Gasteiger partial charge in [0.15, 0.2) is 0 Å². The first kappa shape index (κ1) is 15.5. The van der Waals surface area contributed by atoms with Crippen molar-refractivity contribution in [2.24, 2.45) is 5.16 Å². The van der Waals surface area contributed by atoms with E-state index < -0.39 is 6.10 Å². The van der Waals surface area contributed by atoms with Gasteiger partial charge in [0.2, 0.25) is 12.0 Å². The standard InChI is InChI=1S/C16H18FN3O3/c1-11(21)19-6-8-20(9-7-19)16(22)15-10-14(18-23-15)12-2-4-13(17)5-3-12/h2-5,15H,6-10H2,1H3. The Balaban J connectivity index is 1.57. The number of amides is 2. The summed E-state index contributed by atoms with van der Waals surface area (Å²) in [5.74, 6) is -0.408. The molecule has 2 heterocycles. The fourth-order valence-electron chi connectivity index (χ4n) is 2.77. The molecule has 6 nitrogen and oxygen atoms in total. The Morgan fingerprint density at radius 1 is 1.13 bits per heavy atom. The normalized spacial score (nSPS) is 21.0. The second kappa shape index (κ2) is 6.36. The molecule has 1 saturated heterocycles. The highest BCUT2D eigenvalue weighted by molar-refractivity contribution is 6.04. The van der Waals surface area contributed by atoms with E-state index in [1.54, 1.807) is 21.9 Å². The quantitative estimate of drug-likeness (QED) is 0.817. The number of benzene rings is 1. The van der Waals surface area contributed by atoms with E-state index in [1.165, 1.54) is 19.1 Å². The highest BCUT2D eigenvalue weighted by atomic mass is 19.1. The van der Waals surface area contributed by atoms with Crippen LogP contribution in [0.2, 0.25) is 0 Å². The van der Waals surface area contributed by atoms with E-state index in [9.17, 15) is 14.0 Å². The molecule has 0 N–H and O–H groups in total. The number of hydrogen-bond acceptors (Lipinski definition) is 4. The van der Waals surface area contributed by atoms with Gasteiger partial charge in [-0.15, -0.1) is 0 Å². The number of piperazine rings is 1. The van der Waals surface area contributed by atoms with E-state index in [4.69, 9.17) is 4.84 Å². The molecule has 2 amide bonds. The predicted molar refractivity (Wildman–Crippen MR) is 81.3 cm³/mol. The fourth-order valence-corrected chi connectivity index (χ4v) is 2.77. The molecule has 0 saturated carbocycles. The second-order valence-electron chi connectivity index (χ2n) is 5.67. The van der Waals surface area contributed by atoms with Gasteiger partial charge in [-0.05, 0) is 17.7 Å². The summed E-state index contributed by atoms with van der Waals surface area (Å²) in [6, 6.07) is 5.95. The molecule has 0 radical (unpaired) electrons. The monoisotopic (exact) mass is 319 g/mol. The lowest BCUT2D eigenvalue weighted by Crippen LogP contribution is -2.52. The Morgan fingerprint density at radius 2 is 1.74 bits per heavy atom. The van der Waals surface area contributed by atoms with Crippen LogP contribution in [0, 0.1) is 5.82 Å². The minimum atomic E-state index is -0.640. The van der Waals surface area contributed by atoms with Crippen LogP contribution in [0.4, 0.5) is 4.39 Å². The Morgan fingerprint density at radius 3 is 2.35 bits per heavy atom. The van der Waals surface area contributed by atoms with Crippen molar-refractivity contribution in [2.45, 2.75) is 19.4 Å². The lowest BCUT2D eigenvalue weighted by atomic mass is 10.0. The summed E-state index contributed by atoms with van der Waals surface area (Å²) in [7, 11) is 0. The number of carbonyl (C=O) groups excluding carboxylic acids is 2. The van der Waals surface area contributed by atoms with Crippen LogP contribution in [0.5, 0.6) is 0 Å². The number of halogens is 1. The molecule has 0 aromatic heterocycles. The van der Waals surface area contributed by atoms with Crippen LogP contribution in [0.3, 0.4) is 0 Å². The van der Waals surface area contributed by atoms with Crippen molar-refractivity contribution in [1.82, 2.24) is 9.80 Å². The molecule has 2 aliphatic heterocycles. The average molecular weight is 319 g/mol. The van der Waals surface area contributed by atoms with Crippen LogP contribution in [-0.2, 0) is 14.4 Å². The lowest BCUT2D eigenvalue weighted by Gasteiger charge is -2.34. The van der Waals surface area contributed by atoms with Gasteiger partial charge in [-0.25, -0.2) is 4.39 Å². The third kappa shape index (κ3) is 3.33. The van der Waals surface area contributed by atoms with Gasteiger partial charge >= 0.3 is 0 Å². The number of hydrogen-bond donors (Lipinski definition) is 0. The van der Waals surface area contributed by atoms with Crippen molar-refractivity contribution in [2.75, 3.05) is 26.2 Å². The van der Waals surface area contributed by atoms with Gasteiger partial charge in [-0.3, -0.25) is 9.59 Å². The van der Waals surface area contributed by atoms with Crippen molar-refractivity contribution in [3.63, 3.8) is 0 Å². The minimum Gasteiger partial charge on any atom is -0.382 e. The highest BCUT2D eigenvalue weighted by Crippen LogP contribution is 2.19. The first-order chi connectivity index (χ1) is 11.0. The first-order valence-corrected chi connectivity index (χ1v) is 7.57. The lowest BCUT2D eigenvalue weighted by molar-refractivity contribution is -0.146. The number of nitrogens with zero attached hydrogens (tertiary/aromatic N) is 3. The molecule has 7 heteroatoms. The van der Waals surface area contributed by atoms with Crippen LogP contribution >= 0.6 is 0 Å². The largest absolute Gasteiger partial charge is 0.382 e. The molecule has 0 aliphatic carbocycles. The van der Waals surface area contributed by atoms with Crippen molar-refractivity contribution < 1.29 is 18.8 Å². The SMILES string of the molecule is CC(=O)N1CCN(C(=O)C2CC(c3ccc(F)cc3)=NO2)CC1. The molecule has 1 aromatic carbocycles. The maximum atomic E-state index is 12.9. The van der Waals surface area contributed by atoms with E-state index in [0.717, 1.165) is 5.56 Å². The molecule has 2 aliphatic rings. The summed E-state index contributed by atoms with van der Waals surface area (Å²) >= 11 is 0. The summed E-state index contributed by atoms with van der Waals surface area (Å²) in [5, 5.41) is 3.96. The minimum absolute atomic E-state index is 0.0242. The summed E-state index contributed by atoms with van der Waals surface area (Å²) in [4.78, 5) is 32.5. The second-order valence-corrected chi connectivity index (χ2v) is 5.67. The molecular formula is C16H18FN3O3. The van der Waals surface area contributed by atoms with Gasteiger partial charge in [0.25, 0.3) is 5.91 Å². The molecule has 0 bridgehead atoms. The van der Waals surface area contributed by atoms with Crippen LogP contribution < -0.4 is 0 Å². The molecule has 1 fully saturated rings. The Kier molecular flexibility index (Phi) is 4.27. The van der Waals surface area contributed by atoms with Gasteiger partial charge in [0.1, 0.15) is 5.82 Å². The summed E-state index contributed by atoms with van der Waals surface area (Å²) < 4.78 is 12.9. The third-order valence-electron chi connectivity index (χ3n) is 4.16. The van der Waals surface area contributed by atoms with Gasteiger partial charge in [0, 0.05) is 39.5 Å². The Bertz CT molecular complexity index is 636. The molecule has 1 atom stereocenters. The van der Waals surface area contributed by atoms with Crippen molar-refractivity contribution in [3.05, 3.63) is 35.6 Å². The number of rotatable bonds is 2. The maximum absolute atomic E-state index is 12.9. The van der Waals surface area contributed by atoms with Gasteiger partial charge in [-0.1, -0.05) is 17.3 Å². The maximum Gasteiger partial charge on any atom is 0.267 e. The topological polar surface area (TPSA) is 62.2 Å². The van der Waals surface area contributed by atoms with Crippen molar-refractivity contribution >= 4 is 17.5 Å². The molecular weight excluding hydrogens is 301 g/mol. The first-order valence-electron chi connectivity index (χ1n) is 7.57. The number of carbonyl (C=O) groups is 2. The Hall–Kier alpha value is -2.44. The molecule has 122 valence electrons. The third-order valence-corrected chi connectivity index (χ3v) is 4.16. The van der Waals surface area contributed by atoms with E-state index in [2.05, 4.69) is 5.16 Å². The van der Waals surface area contributed by atoms with E-state index in [-0.39, 0.29) is 17.6 Å². The van der Waals surface area contributed by atoms with Crippen LogP contribution in [-0.4, -0.2) is 59.6 Å². The van der Waals surface area contributed by atoms with Crippen LogP contribution in [0.25, 0.3) is 0 Å². The number of oxime groups is 1. The summed E-state index contributed by atoms with van der Waals surface area (Å²) in [6.45, 7) is 3.62. The van der Waals surface area contributed by atoms with Gasteiger partial charge < -0.3 is 14.6 Å². The smallest absolute Gasteiger partial charge is 0.267 e. The Labute approximate surface area is 133 Å². The molecule has 1 unspecified atom stereocenters. The van der Waals surface area contributed by atoms with Crippen LogP contribution in [0.1, 0.15) is 18.9 Å². The van der Waals surface area contributed by atoms with Gasteiger partial charge in [0.05, 0.1) is 5.71 Å². The molecule has 23 heavy (non-hydrogen) atoms. The zero-order chi connectivity index (χ0) is 16.4. The highest BCUT2D eigenvalue weighted by Gasteiger charge is 2.34. The zero-order valence-corrected chi connectivity index (χ0v) is 12.9. The zero-order valence-electron chi connectivity index (χ0n) is 12.9. The summed E-state index contributed by atoms with van der Waals surface area (Å²) in [6.07, 6.45) is -0.267. The summed E-state index contributed by atoms with van der Waals surface area (Å²) in [5.41, 5.74) is 1.40. The van der Waals surface area contributed by atoms with E-state index in [1.807, 2.05) is 0 Å². The van der Waals surface area contributed by atoms with Gasteiger partial charge in [-0.2, -0.15) is 0 Å². The average Bonchev–Trinajstić information content (AvgIpc) is 3.05. The fraction of sp³-hybridized carbons (Fsp3) is 0.438. The molecule has 3 rings (SSSR count). The van der Waals surface area contributed by atoms with E-state index in [0.29, 0.717) is 38.3 Å². The van der Waals surface area contributed by atoms with E-state index >= 15 is 0 Å². The molecule has 1 aromatic rings. The predicted octanol–water partition coefficient (Wildman–Crippen LogP) is 1.01. The van der Waals surface area contributed by atoms with Crippen molar-refractivity contribution in [3.8, 4) is 0 Å². The van der Waals surface area contributed by atoms with Crippen molar-refractivity contribution in [1.29, 1.82) is 0 Å². The molecule has 0 spiro atoms. The van der Waals surface area contributed by atoms with Crippen LogP contribution in [0.15, 0.2) is 29.4 Å².